The summed E-state index contributed by atoms with van der Waals surface area (Å²) in [6.07, 6.45) is 4.79. The Morgan fingerprint density at radius 2 is 1.89 bits per heavy atom. The van der Waals surface area contributed by atoms with E-state index in [1.165, 1.54) is 19.3 Å². The minimum atomic E-state index is 0.394. The van der Waals surface area contributed by atoms with Gasteiger partial charge in [-0.3, -0.25) is 0 Å². The summed E-state index contributed by atoms with van der Waals surface area (Å²) in [4.78, 5) is 0. The number of hydrogen-bond acceptors (Lipinski definition) is 3. The van der Waals surface area contributed by atoms with E-state index in [-0.39, 0.29) is 0 Å². The molecule has 110 valence electrons. The number of hydrogen-bond donors (Lipinski definition) is 1. The number of methoxy groups -OCH3 is 1. The van der Waals surface area contributed by atoms with Gasteiger partial charge in [-0.2, -0.15) is 0 Å². The first-order valence-corrected chi connectivity index (χ1v) is 7.32. The molecule has 3 nitrogen and oxygen atoms in total. The topological polar surface area (TPSA) is 30.5 Å². The largest absolute Gasteiger partial charge is 0.382 e. The van der Waals surface area contributed by atoms with Crippen LogP contribution in [0.5, 0.6) is 0 Å². The van der Waals surface area contributed by atoms with Crippen molar-refractivity contribution < 1.29 is 9.47 Å². The SMILES string of the molecule is CCCNC(C)CC(C)(C)CCCOCCOC. The zero-order valence-electron chi connectivity index (χ0n) is 13.1. The van der Waals surface area contributed by atoms with Crippen LogP contribution in [0.25, 0.3) is 0 Å². The fourth-order valence-corrected chi connectivity index (χ4v) is 2.29. The molecule has 1 N–H and O–H groups in total. The lowest BCUT2D eigenvalue weighted by Gasteiger charge is -2.28. The molecule has 0 spiro atoms. The Kier molecular flexibility index (Phi) is 10.7. The molecule has 18 heavy (non-hydrogen) atoms. The van der Waals surface area contributed by atoms with Gasteiger partial charge in [0.15, 0.2) is 0 Å². The second-order valence-corrected chi connectivity index (χ2v) is 5.93. The molecule has 1 atom stereocenters. The normalized spacial score (nSPS) is 13.8. The minimum absolute atomic E-state index is 0.394. The monoisotopic (exact) mass is 259 g/mol. The summed E-state index contributed by atoms with van der Waals surface area (Å²) < 4.78 is 10.4. The molecule has 0 bridgehead atoms. The summed E-state index contributed by atoms with van der Waals surface area (Å²) in [6.45, 7) is 12.6. The number of ether oxygens (including phenoxy) is 2. The summed E-state index contributed by atoms with van der Waals surface area (Å²) in [5.41, 5.74) is 0.394. The van der Waals surface area contributed by atoms with Crippen LogP contribution in [0.4, 0.5) is 0 Å². The van der Waals surface area contributed by atoms with Gasteiger partial charge in [-0.25, -0.2) is 0 Å². The number of nitrogens with one attached hydrogen (secondary N) is 1. The van der Waals surface area contributed by atoms with Crippen molar-refractivity contribution >= 4 is 0 Å². The number of rotatable bonds is 12. The van der Waals surface area contributed by atoms with Gasteiger partial charge < -0.3 is 14.8 Å². The van der Waals surface area contributed by atoms with Gasteiger partial charge in [0.25, 0.3) is 0 Å². The third-order valence-corrected chi connectivity index (χ3v) is 3.18. The van der Waals surface area contributed by atoms with Gasteiger partial charge in [-0.1, -0.05) is 20.8 Å². The van der Waals surface area contributed by atoms with Crippen molar-refractivity contribution in [2.75, 3.05) is 33.5 Å². The molecule has 0 aromatic rings. The van der Waals surface area contributed by atoms with E-state index >= 15 is 0 Å². The van der Waals surface area contributed by atoms with Crippen LogP contribution in [-0.4, -0.2) is 39.5 Å². The van der Waals surface area contributed by atoms with Crippen molar-refractivity contribution in [3.63, 3.8) is 0 Å². The molecule has 1 unspecified atom stereocenters. The predicted molar refractivity (Wildman–Crippen MR) is 78.1 cm³/mol. The predicted octanol–water partition coefficient (Wildman–Crippen LogP) is 3.23. The van der Waals surface area contributed by atoms with Crippen LogP contribution in [0, 0.1) is 5.41 Å². The Morgan fingerprint density at radius 3 is 2.50 bits per heavy atom. The van der Waals surface area contributed by atoms with Crippen LogP contribution in [0.15, 0.2) is 0 Å². The smallest absolute Gasteiger partial charge is 0.0700 e. The van der Waals surface area contributed by atoms with Crippen LogP contribution in [0.2, 0.25) is 0 Å². The lowest BCUT2D eigenvalue weighted by Crippen LogP contribution is -2.31. The molecule has 0 radical (unpaired) electrons. The average Bonchev–Trinajstić information content (AvgIpc) is 2.30. The molecule has 0 aliphatic carbocycles. The summed E-state index contributed by atoms with van der Waals surface area (Å²) in [5.74, 6) is 0. The Balaban J connectivity index is 3.59. The molecule has 0 fully saturated rings. The molecule has 0 aromatic heterocycles. The summed E-state index contributed by atoms with van der Waals surface area (Å²) in [6, 6.07) is 0.606. The summed E-state index contributed by atoms with van der Waals surface area (Å²) in [5, 5.41) is 3.56. The van der Waals surface area contributed by atoms with Crippen molar-refractivity contribution in [2.45, 2.75) is 59.4 Å². The van der Waals surface area contributed by atoms with Gasteiger partial charge in [-0.05, 0) is 44.6 Å². The summed E-state index contributed by atoms with van der Waals surface area (Å²) >= 11 is 0. The van der Waals surface area contributed by atoms with Gasteiger partial charge in [0.05, 0.1) is 13.2 Å². The first-order chi connectivity index (χ1) is 8.52. The molecule has 0 saturated carbocycles. The van der Waals surface area contributed by atoms with Crippen molar-refractivity contribution in [3.8, 4) is 0 Å². The zero-order valence-corrected chi connectivity index (χ0v) is 13.1. The van der Waals surface area contributed by atoms with E-state index in [4.69, 9.17) is 9.47 Å². The quantitative estimate of drug-likeness (QED) is 0.546. The van der Waals surface area contributed by atoms with E-state index in [1.807, 2.05) is 0 Å². The van der Waals surface area contributed by atoms with Gasteiger partial charge in [0, 0.05) is 19.8 Å². The third-order valence-electron chi connectivity index (χ3n) is 3.18. The molecule has 0 rings (SSSR count). The molecule has 0 heterocycles. The molecule has 0 aromatic carbocycles. The Hall–Kier alpha value is -0.120. The van der Waals surface area contributed by atoms with Gasteiger partial charge in [0.1, 0.15) is 0 Å². The fraction of sp³-hybridized carbons (Fsp3) is 1.00. The average molecular weight is 259 g/mol. The molecular formula is C15H33NO2. The lowest BCUT2D eigenvalue weighted by atomic mass is 9.82. The Morgan fingerprint density at radius 1 is 1.17 bits per heavy atom. The maximum absolute atomic E-state index is 5.50. The van der Waals surface area contributed by atoms with E-state index in [0.29, 0.717) is 24.7 Å². The Labute approximate surface area is 114 Å². The second kappa shape index (κ2) is 10.8. The van der Waals surface area contributed by atoms with Crippen LogP contribution in [0.1, 0.15) is 53.4 Å². The first-order valence-electron chi connectivity index (χ1n) is 7.32. The molecule has 3 heteroatoms. The van der Waals surface area contributed by atoms with Gasteiger partial charge in [0.2, 0.25) is 0 Å². The highest BCUT2D eigenvalue weighted by atomic mass is 16.5. The standard InChI is InChI=1S/C15H33NO2/c1-6-9-16-14(2)13-15(3,4)8-7-10-18-12-11-17-5/h14,16H,6-13H2,1-5H3. The van der Waals surface area contributed by atoms with Crippen LogP contribution >= 0.6 is 0 Å². The van der Waals surface area contributed by atoms with E-state index in [2.05, 4.69) is 33.0 Å². The Bertz CT molecular complexity index is 183. The van der Waals surface area contributed by atoms with Crippen molar-refractivity contribution in [3.05, 3.63) is 0 Å². The second-order valence-electron chi connectivity index (χ2n) is 5.93. The minimum Gasteiger partial charge on any atom is -0.382 e. The highest BCUT2D eigenvalue weighted by molar-refractivity contribution is 4.75. The van der Waals surface area contributed by atoms with Crippen LogP contribution < -0.4 is 5.32 Å². The van der Waals surface area contributed by atoms with Crippen molar-refractivity contribution in [1.82, 2.24) is 5.32 Å². The maximum atomic E-state index is 5.50. The molecule has 0 amide bonds. The van der Waals surface area contributed by atoms with Crippen molar-refractivity contribution in [2.24, 2.45) is 5.41 Å². The van der Waals surface area contributed by atoms with E-state index < -0.39 is 0 Å². The fourth-order valence-electron chi connectivity index (χ4n) is 2.29. The third kappa shape index (κ3) is 11.0. The highest BCUT2D eigenvalue weighted by Crippen LogP contribution is 2.28. The summed E-state index contributed by atoms with van der Waals surface area (Å²) in [7, 11) is 1.71. The zero-order chi connectivity index (χ0) is 13.9. The maximum Gasteiger partial charge on any atom is 0.0700 e. The molecule has 0 aliphatic rings. The molecular weight excluding hydrogens is 226 g/mol. The molecule has 0 aliphatic heterocycles. The van der Waals surface area contributed by atoms with Crippen LogP contribution in [0.3, 0.4) is 0 Å². The first kappa shape index (κ1) is 17.9. The van der Waals surface area contributed by atoms with Gasteiger partial charge in [-0.15, -0.1) is 0 Å². The van der Waals surface area contributed by atoms with Crippen molar-refractivity contribution in [1.29, 1.82) is 0 Å². The van der Waals surface area contributed by atoms with E-state index in [0.717, 1.165) is 19.6 Å². The highest BCUT2D eigenvalue weighted by Gasteiger charge is 2.20. The van der Waals surface area contributed by atoms with E-state index in [9.17, 15) is 0 Å². The van der Waals surface area contributed by atoms with E-state index in [1.54, 1.807) is 7.11 Å². The molecule has 0 saturated heterocycles. The van der Waals surface area contributed by atoms with Crippen LogP contribution in [-0.2, 0) is 9.47 Å². The lowest BCUT2D eigenvalue weighted by molar-refractivity contribution is 0.0641. The van der Waals surface area contributed by atoms with Gasteiger partial charge >= 0.3 is 0 Å².